The standard InChI is InChI=1S/C9H10O2/c1-2-4-8(10)7-9-5-3-6-11-9/h1,3,5-6,8,10H,4,7H2. The van der Waals surface area contributed by atoms with Crippen molar-refractivity contribution < 1.29 is 9.52 Å². The lowest BCUT2D eigenvalue weighted by Crippen LogP contribution is -2.08. The van der Waals surface area contributed by atoms with E-state index in [1.54, 1.807) is 12.3 Å². The Morgan fingerprint density at radius 2 is 2.55 bits per heavy atom. The molecule has 0 radical (unpaired) electrons. The highest BCUT2D eigenvalue weighted by molar-refractivity contribution is 5.01. The van der Waals surface area contributed by atoms with Crippen LogP contribution in [-0.4, -0.2) is 11.2 Å². The van der Waals surface area contributed by atoms with Gasteiger partial charge in [0, 0.05) is 12.8 Å². The first kappa shape index (κ1) is 7.90. The maximum absolute atomic E-state index is 9.22. The largest absolute Gasteiger partial charge is 0.469 e. The molecule has 58 valence electrons. The maximum Gasteiger partial charge on any atom is 0.106 e. The van der Waals surface area contributed by atoms with Gasteiger partial charge in [0.15, 0.2) is 0 Å². The van der Waals surface area contributed by atoms with E-state index in [-0.39, 0.29) is 0 Å². The summed E-state index contributed by atoms with van der Waals surface area (Å²) in [7, 11) is 0. The molecular weight excluding hydrogens is 140 g/mol. The third kappa shape index (κ3) is 2.48. The van der Waals surface area contributed by atoms with Gasteiger partial charge in [-0.2, -0.15) is 0 Å². The average Bonchev–Trinajstić information content (AvgIpc) is 2.40. The van der Waals surface area contributed by atoms with E-state index < -0.39 is 6.10 Å². The lowest BCUT2D eigenvalue weighted by Gasteiger charge is -2.02. The number of terminal acetylenes is 1. The molecule has 0 fully saturated rings. The van der Waals surface area contributed by atoms with Crippen LogP contribution in [0.3, 0.4) is 0 Å². The number of rotatable bonds is 3. The number of aliphatic hydroxyl groups is 1. The van der Waals surface area contributed by atoms with Gasteiger partial charge in [-0.05, 0) is 12.1 Å². The molecule has 0 saturated heterocycles. The molecule has 11 heavy (non-hydrogen) atoms. The molecule has 1 heterocycles. The normalized spacial score (nSPS) is 12.4. The van der Waals surface area contributed by atoms with Crippen molar-refractivity contribution in [3.8, 4) is 12.3 Å². The van der Waals surface area contributed by atoms with Gasteiger partial charge in [0.25, 0.3) is 0 Å². The Morgan fingerprint density at radius 3 is 3.09 bits per heavy atom. The van der Waals surface area contributed by atoms with Crippen LogP contribution in [0.1, 0.15) is 12.2 Å². The summed E-state index contributed by atoms with van der Waals surface area (Å²) in [4.78, 5) is 0. The molecule has 1 aromatic heterocycles. The Bertz CT molecular complexity index is 231. The van der Waals surface area contributed by atoms with Gasteiger partial charge in [0.05, 0.1) is 12.4 Å². The minimum absolute atomic E-state index is 0.376. The van der Waals surface area contributed by atoms with Crippen molar-refractivity contribution in [3.63, 3.8) is 0 Å². The molecular formula is C9H10O2. The van der Waals surface area contributed by atoms with Gasteiger partial charge in [-0.15, -0.1) is 12.3 Å². The highest BCUT2D eigenvalue weighted by Crippen LogP contribution is 2.05. The van der Waals surface area contributed by atoms with Crippen LogP contribution >= 0.6 is 0 Å². The number of aliphatic hydroxyl groups excluding tert-OH is 1. The van der Waals surface area contributed by atoms with Gasteiger partial charge in [-0.1, -0.05) is 0 Å². The summed E-state index contributed by atoms with van der Waals surface area (Å²) in [6.45, 7) is 0. The molecule has 1 aromatic rings. The summed E-state index contributed by atoms with van der Waals surface area (Å²) in [6.07, 6.45) is 6.99. The van der Waals surface area contributed by atoms with Gasteiger partial charge >= 0.3 is 0 Å². The predicted molar refractivity (Wildman–Crippen MR) is 41.9 cm³/mol. The first-order chi connectivity index (χ1) is 5.33. The third-order valence-corrected chi connectivity index (χ3v) is 1.37. The van der Waals surface area contributed by atoms with Crippen LogP contribution in [0.15, 0.2) is 22.8 Å². The summed E-state index contributed by atoms with van der Waals surface area (Å²) >= 11 is 0. The van der Waals surface area contributed by atoms with Gasteiger partial charge in [0.2, 0.25) is 0 Å². The Kier molecular flexibility index (Phi) is 2.76. The average molecular weight is 150 g/mol. The van der Waals surface area contributed by atoms with Crippen molar-refractivity contribution in [2.24, 2.45) is 0 Å². The molecule has 1 N–H and O–H groups in total. The van der Waals surface area contributed by atoms with Crippen molar-refractivity contribution in [1.82, 2.24) is 0 Å². The molecule has 2 nitrogen and oxygen atoms in total. The van der Waals surface area contributed by atoms with E-state index in [9.17, 15) is 5.11 Å². The summed E-state index contributed by atoms with van der Waals surface area (Å²) < 4.78 is 5.02. The van der Waals surface area contributed by atoms with Crippen LogP contribution in [0, 0.1) is 12.3 Å². The fourth-order valence-corrected chi connectivity index (χ4v) is 0.869. The van der Waals surface area contributed by atoms with E-state index in [2.05, 4.69) is 5.92 Å². The highest BCUT2D eigenvalue weighted by atomic mass is 16.3. The molecule has 1 atom stereocenters. The second-order valence-corrected chi connectivity index (χ2v) is 2.35. The Hall–Kier alpha value is -1.20. The zero-order valence-corrected chi connectivity index (χ0v) is 6.16. The van der Waals surface area contributed by atoms with Crippen molar-refractivity contribution in [1.29, 1.82) is 0 Å². The van der Waals surface area contributed by atoms with Gasteiger partial charge in [-0.25, -0.2) is 0 Å². The molecule has 0 amide bonds. The quantitative estimate of drug-likeness (QED) is 0.657. The molecule has 0 bridgehead atoms. The van der Waals surface area contributed by atoms with E-state index in [0.717, 1.165) is 5.76 Å². The summed E-state index contributed by atoms with van der Waals surface area (Å²) in [5, 5.41) is 9.22. The zero-order chi connectivity index (χ0) is 8.10. The predicted octanol–water partition coefficient (Wildman–Crippen LogP) is 1.21. The van der Waals surface area contributed by atoms with Crippen molar-refractivity contribution >= 4 is 0 Å². The van der Waals surface area contributed by atoms with Crippen LogP contribution in [0.4, 0.5) is 0 Å². The fraction of sp³-hybridized carbons (Fsp3) is 0.333. The number of furan rings is 1. The van der Waals surface area contributed by atoms with E-state index in [1.165, 1.54) is 0 Å². The highest BCUT2D eigenvalue weighted by Gasteiger charge is 2.04. The number of hydrogen-bond acceptors (Lipinski definition) is 2. The molecule has 1 unspecified atom stereocenters. The summed E-state index contributed by atoms with van der Waals surface area (Å²) in [5.74, 6) is 3.16. The van der Waals surface area contributed by atoms with Crippen molar-refractivity contribution in [2.75, 3.05) is 0 Å². The van der Waals surface area contributed by atoms with E-state index >= 15 is 0 Å². The van der Waals surface area contributed by atoms with Crippen LogP contribution in [0.2, 0.25) is 0 Å². The topological polar surface area (TPSA) is 33.4 Å². The minimum Gasteiger partial charge on any atom is -0.469 e. The van der Waals surface area contributed by atoms with Crippen LogP contribution < -0.4 is 0 Å². The first-order valence-corrected chi connectivity index (χ1v) is 3.47. The van der Waals surface area contributed by atoms with Gasteiger partial charge in [0.1, 0.15) is 5.76 Å². The van der Waals surface area contributed by atoms with Crippen molar-refractivity contribution in [3.05, 3.63) is 24.2 Å². The molecule has 0 aliphatic heterocycles. The Labute approximate surface area is 65.8 Å². The zero-order valence-electron chi connectivity index (χ0n) is 6.16. The summed E-state index contributed by atoms with van der Waals surface area (Å²) in [6, 6.07) is 3.61. The van der Waals surface area contributed by atoms with E-state index in [0.29, 0.717) is 12.8 Å². The molecule has 0 saturated carbocycles. The van der Waals surface area contributed by atoms with Gasteiger partial charge < -0.3 is 9.52 Å². The Balaban J connectivity index is 2.38. The lowest BCUT2D eigenvalue weighted by molar-refractivity contribution is 0.173. The minimum atomic E-state index is -0.480. The molecule has 0 spiro atoms. The Morgan fingerprint density at radius 1 is 1.73 bits per heavy atom. The lowest BCUT2D eigenvalue weighted by atomic mass is 10.1. The molecule has 0 aliphatic rings. The third-order valence-electron chi connectivity index (χ3n) is 1.37. The smallest absolute Gasteiger partial charge is 0.106 e. The van der Waals surface area contributed by atoms with E-state index in [1.807, 2.05) is 6.07 Å². The maximum atomic E-state index is 9.22. The summed E-state index contributed by atoms with van der Waals surface area (Å²) in [5.41, 5.74) is 0. The molecule has 1 rings (SSSR count). The monoisotopic (exact) mass is 150 g/mol. The molecule has 0 aliphatic carbocycles. The van der Waals surface area contributed by atoms with E-state index in [4.69, 9.17) is 10.8 Å². The molecule has 0 aromatic carbocycles. The second kappa shape index (κ2) is 3.85. The van der Waals surface area contributed by atoms with Gasteiger partial charge in [-0.3, -0.25) is 0 Å². The molecule has 2 heteroatoms. The SMILES string of the molecule is C#CCC(O)Cc1ccco1. The van der Waals surface area contributed by atoms with Crippen molar-refractivity contribution in [2.45, 2.75) is 18.9 Å². The fourth-order valence-electron chi connectivity index (χ4n) is 0.869. The van der Waals surface area contributed by atoms with Crippen LogP contribution in [-0.2, 0) is 6.42 Å². The van der Waals surface area contributed by atoms with Crippen LogP contribution in [0.5, 0.6) is 0 Å². The first-order valence-electron chi connectivity index (χ1n) is 3.47. The number of hydrogen-bond donors (Lipinski definition) is 1. The van der Waals surface area contributed by atoms with Crippen LogP contribution in [0.25, 0.3) is 0 Å². The second-order valence-electron chi connectivity index (χ2n) is 2.35.